The van der Waals surface area contributed by atoms with Crippen LogP contribution >= 0.6 is 0 Å². The third-order valence-corrected chi connectivity index (χ3v) is 5.03. The van der Waals surface area contributed by atoms with Crippen LogP contribution in [0, 0.1) is 17.8 Å². The number of carbonyl (C=O) groups is 2. The fraction of sp³-hybridized carbons (Fsp3) is 0.875. The van der Waals surface area contributed by atoms with Gasteiger partial charge in [-0.25, -0.2) is 0 Å². The molecule has 0 aromatic heterocycles. The molecule has 21 heavy (non-hydrogen) atoms. The van der Waals surface area contributed by atoms with Crippen molar-refractivity contribution >= 4 is 11.9 Å². The fourth-order valence-electron chi connectivity index (χ4n) is 3.63. The lowest BCUT2D eigenvalue weighted by Gasteiger charge is -2.38. The first-order valence-electron chi connectivity index (χ1n) is 8.21. The van der Waals surface area contributed by atoms with Gasteiger partial charge in [0.15, 0.2) is 0 Å². The van der Waals surface area contributed by atoms with Gasteiger partial charge in [0.25, 0.3) is 0 Å². The topological polar surface area (TPSA) is 69.6 Å². The van der Waals surface area contributed by atoms with Crippen LogP contribution in [0.25, 0.3) is 0 Å². The van der Waals surface area contributed by atoms with Crippen molar-refractivity contribution in [3.05, 3.63) is 0 Å². The molecule has 2 saturated heterocycles. The number of hydrogen-bond acceptors (Lipinski definition) is 3. The summed E-state index contributed by atoms with van der Waals surface area (Å²) in [5.74, 6) is 0.533. The maximum Gasteiger partial charge on any atom is 0.303 e. The van der Waals surface area contributed by atoms with E-state index in [0.717, 1.165) is 45.3 Å². The molecule has 2 rings (SSSR count). The summed E-state index contributed by atoms with van der Waals surface area (Å²) in [5.41, 5.74) is 0. The summed E-state index contributed by atoms with van der Waals surface area (Å²) in [4.78, 5) is 25.5. The van der Waals surface area contributed by atoms with Crippen molar-refractivity contribution < 1.29 is 14.7 Å². The predicted octanol–water partition coefficient (Wildman–Crippen LogP) is 1.72. The molecule has 1 amide bonds. The molecule has 4 unspecified atom stereocenters. The fourth-order valence-corrected chi connectivity index (χ4v) is 3.63. The van der Waals surface area contributed by atoms with Crippen LogP contribution < -0.4 is 5.32 Å². The van der Waals surface area contributed by atoms with Crippen molar-refractivity contribution in [2.45, 2.75) is 52.0 Å². The molecule has 2 N–H and O–H groups in total. The molecular weight excluding hydrogens is 268 g/mol. The number of carbonyl (C=O) groups excluding carboxylic acids is 1. The number of amides is 1. The van der Waals surface area contributed by atoms with Crippen LogP contribution in [0.15, 0.2) is 0 Å². The molecule has 2 aliphatic heterocycles. The minimum absolute atomic E-state index is 0.0396. The number of nitrogens with zero attached hydrogens (tertiary/aromatic N) is 1. The Morgan fingerprint density at radius 3 is 2.81 bits per heavy atom. The third kappa shape index (κ3) is 4.43. The van der Waals surface area contributed by atoms with Crippen LogP contribution in [-0.4, -0.2) is 47.6 Å². The smallest absolute Gasteiger partial charge is 0.303 e. The highest BCUT2D eigenvalue weighted by atomic mass is 16.4. The van der Waals surface area contributed by atoms with E-state index >= 15 is 0 Å². The highest BCUT2D eigenvalue weighted by Crippen LogP contribution is 2.27. The zero-order chi connectivity index (χ0) is 15.4. The molecule has 0 spiro atoms. The van der Waals surface area contributed by atoms with E-state index in [1.807, 2.05) is 11.8 Å². The van der Waals surface area contributed by atoms with Gasteiger partial charge in [0, 0.05) is 19.5 Å². The second kappa shape index (κ2) is 7.25. The Morgan fingerprint density at radius 1 is 1.38 bits per heavy atom. The minimum Gasteiger partial charge on any atom is -0.481 e. The Hall–Kier alpha value is -1.10. The first kappa shape index (κ1) is 16.3. The van der Waals surface area contributed by atoms with Gasteiger partial charge in [-0.1, -0.05) is 13.8 Å². The van der Waals surface area contributed by atoms with Crippen molar-refractivity contribution in [1.82, 2.24) is 10.2 Å². The Labute approximate surface area is 127 Å². The summed E-state index contributed by atoms with van der Waals surface area (Å²) in [6, 6.07) is -0.0396. The molecule has 4 atom stereocenters. The number of carboxylic acids is 1. The van der Waals surface area contributed by atoms with Crippen LogP contribution in [0.3, 0.4) is 0 Å². The first-order chi connectivity index (χ1) is 9.97. The molecule has 0 radical (unpaired) electrons. The van der Waals surface area contributed by atoms with E-state index in [4.69, 9.17) is 5.11 Å². The average Bonchev–Trinajstić information content (AvgIpc) is 2.46. The van der Waals surface area contributed by atoms with Gasteiger partial charge in [-0.3, -0.25) is 9.59 Å². The molecule has 0 aromatic carbocycles. The van der Waals surface area contributed by atoms with Crippen molar-refractivity contribution in [2.75, 3.05) is 19.6 Å². The lowest BCUT2D eigenvalue weighted by Crippen LogP contribution is -2.53. The van der Waals surface area contributed by atoms with Gasteiger partial charge < -0.3 is 15.3 Å². The summed E-state index contributed by atoms with van der Waals surface area (Å²) in [5, 5.41) is 12.3. The molecule has 2 heterocycles. The van der Waals surface area contributed by atoms with E-state index in [1.165, 1.54) is 0 Å². The van der Waals surface area contributed by atoms with Crippen LogP contribution in [0.1, 0.15) is 46.0 Å². The maximum absolute atomic E-state index is 12.6. The molecule has 0 aliphatic carbocycles. The zero-order valence-electron chi connectivity index (χ0n) is 13.2. The van der Waals surface area contributed by atoms with E-state index in [9.17, 15) is 9.59 Å². The quantitative estimate of drug-likeness (QED) is 0.829. The van der Waals surface area contributed by atoms with Crippen LogP contribution in [0.5, 0.6) is 0 Å². The Balaban J connectivity index is 1.90. The van der Waals surface area contributed by atoms with Gasteiger partial charge in [0.1, 0.15) is 0 Å². The van der Waals surface area contributed by atoms with Gasteiger partial charge >= 0.3 is 5.97 Å². The minimum atomic E-state index is -0.742. The van der Waals surface area contributed by atoms with E-state index in [1.54, 1.807) is 0 Å². The Bertz CT molecular complexity index is 386. The standard InChI is InChI=1S/C16H28N2O3/c1-11-5-6-17-14(8-11)16(21)18-7-3-4-13(10-18)12(2)9-15(19)20/h11-14,17H,3-10H2,1-2H3,(H,19,20). The van der Waals surface area contributed by atoms with Gasteiger partial charge in [0.2, 0.25) is 5.91 Å². The van der Waals surface area contributed by atoms with Gasteiger partial charge in [-0.15, -0.1) is 0 Å². The largest absolute Gasteiger partial charge is 0.481 e. The molecule has 5 nitrogen and oxygen atoms in total. The zero-order valence-corrected chi connectivity index (χ0v) is 13.2. The molecule has 5 heteroatoms. The summed E-state index contributed by atoms with van der Waals surface area (Å²) in [6.07, 6.45) is 4.29. The van der Waals surface area contributed by atoms with Crippen molar-refractivity contribution in [2.24, 2.45) is 17.8 Å². The molecule has 120 valence electrons. The Kier molecular flexibility index (Phi) is 5.62. The monoisotopic (exact) mass is 296 g/mol. The van der Waals surface area contributed by atoms with E-state index in [0.29, 0.717) is 11.8 Å². The Morgan fingerprint density at radius 2 is 2.14 bits per heavy atom. The van der Waals surface area contributed by atoms with Crippen LogP contribution in [0.2, 0.25) is 0 Å². The number of nitrogens with one attached hydrogen (secondary N) is 1. The molecule has 0 saturated carbocycles. The van der Waals surface area contributed by atoms with Gasteiger partial charge in [0.05, 0.1) is 6.04 Å². The number of carboxylic acid groups (broad SMARTS) is 1. The predicted molar refractivity (Wildman–Crippen MR) is 80.9 cm³/mol. The highest BCUT2D eigenvalue weighted by molar-refractivity contribution is 5.82. The van der Waals surface area contributed by atoms with Crippen LogP contribution in [-0.2, 0) is 9.59 Å². The number of aliphatic carboxylic acids is 1. The first-order valence-corrected chi connectivity index (χ1v) is 8.21. The van der Waals surface area contributed by atoms with Crippen molar-refractivity contribution in [1.29, 1.82) is 0 Å². The lowest BCUT2D eigenvalue weighted by atomic mass is 9.84. The van der Waals surface area contributed by atoms with Crippen molar-refractivity contribution in [3.8, 4) is 0 Å². The normalized spacial score (nSPS) is 31.7. The number of likely N-dealkylation sites (tertiary alicyclic amines) is 1. The van der Waals surface area contributed by atoms with Crippen molar-refractivity contribution in [3.63, 3.8) is 0 Å². The second-order valence-electron chi connectivity index (χ2n) is 6.90. The lowest BCUT2D eigenvalue weighted by molar-refractivity contribution is -0.139. The number of rotatable bonds is 4. The average molecular weight is 296 g/mol. The maximum atomic E-state index is 12.6. The molecule has 0 bridgehead atoms. The van der Waals surface area contributed by atoms with E-state index in [2.05, 4.69) is 12.2 Å². The number of piperidine rings is 2. The molecule has 2 aliphatic rings. The summed E-state index contributed by atoms with van der Waals surface area (Å²) < 4.78 is 0. The molecule has 0 aromatic rings. The third-order valence-electron chi connectivity index (χ3n) is 5.03. The van der Waals surface area contributed by atoms with Gasteiger partial charge in [-0.05, 0) is 50.0 Å². The second-order valence-corrected chi connectivity index (χ2v) is 6.90. The van der Waals surface area contributed by atoms with Crippen LogP contribution in [0.4, 0.5) is 0 Å². The SMILES string of the molecule is CC1CCNC(C(=O)N2CCCC(C(C)CC(=O)O)C2)C1. The van der Waals surface area contributed by atoms with E-state index in [-0.39, 0.29) is 24.3 Å². The molecule has 2 fully saturated rings. The van der Waals surface area contributed by atoms with Gasteiger partial charge in [-0.2, -0.15) is 0 Å². The summed E-state index contributed by atoms with van der Waals surface area (Å²) >= 11 is 0. The highest BCUT2D eigenvalue weighted by Gasteiger charge is 2.33. The summed E-state index contributed by atoms with van der Waals surface area (Å²) in [6.45, 7) is 6.66. The van der Waals surface area contributed by atoms with E-state index < -0.39 is 5.97 Å². The molecular formula is C16H28N2O3. The summed E-state index contributed by atoms with van der Waals surface area (Å²) in [7, 11) is 0. The number of hydrogen-bond donors (Lipinski definition) is 2.